The van der Waals surface area contributed by atoms with Crippen molar-refractivity contribution >= 4 is 29.0 Å². The van der Waals surface area contributed by atoms with Gasteiger partial charge in [-0.2, -0.15) is 0 Å². The van der Waals surface area contributed by atoms with Crippen molar-refractivity contribution < 1.29 is 0 Å². The Bertz CT molecular complexity index is 335. The summed E-state index contributed by atoms with van der Waals surface area (Å²) < 4.78 is 0. The lowest BCUT2D eigenvalue weighted by atomic mass is 9.98. The van der Waals surface area contributed by atoms with E-state index in [1.807, 2.05) is 11.8 Å². The van der Waals surface area contributed by atoms with Crippen LogP contribution in [0.4, 0.5) is 0 Å². The molecule has 1 heterocycles. The minimum absolute atomic E-state index is 0.540. The summed E-state index contributed by atoms with van der Waals surface area (Å²) in [5.41, 5.74) is 6.97. The lowest BCUT2D eigenvalue weighted by Gasteiger charge is -2.08. The lowest BCUT2D eigenvalue weighted by Crippen LogP contribution is -2.12. The summed E-state index contributed by atoms with van der Waals surface area (Å²) in [5.74, 6) is 1.66. The molecule has 1 unspecified atom stereocenters. The summed E-state index contributed by atoms with van der Waals surface area (Å²) in [6, 6.07) is 8.50. The second kappa shape index (κ2) is 3.68. The Balaban J connectivity index is 2.23. The van der Waals surface area contributed by atoms with Gasteiger partial charge >= 0.3 is 0 Å². The molecule has 0 saturated carbocycles. The van der Waals surface area contributed by atoms with E-state index in [0.29, 0.717) is 10.9 Å². The molecule has 68 valence electrons. The lowest BCUT2D eigenvalue weighted by molar-refractivity contribution is 0.822. The molecular weight excluding hydrogens is 198 g/mol. The molecule has 1 aromatic rings. The van der Waals surface area contributed by atoms with Gasteiger partial charge in [-0.1, -0.05) is 30.4 Å². The molecule has 1 aliphatic heterocycles. The molecule has 1 aromatic carbocycles. The largest absolute Gasteiger partial charge is 0.393 e. The quantitative estimate of drug-likeness (QED) is 0.758. The molecule has 2 rings (SSSR count). The number of nitrogens with two attached hydrogens (primary N) is 1. The topological polar surface area (TPSA) is 26.0 Å². The first-order valence-corrected chi connectivity index (χ1v) is 5.67. The molecule has 1 aliphatic rings. The average Bonchev–Trinajstić information content (AvgIpc) is 2.48. The van der Waals surface area contributed by atoms with Gasteiger partial charge in [-0.3, -0.25) is 0 Å². The van der Waals surface area contributed by atoms with Gasteiger partial charge in [-0.05, 0) is 11.6 Å². The van der Waals surface area contributed by atoms with Gasteiger partial charge in [0.1, 0.15) is 0 Å². The Morgan fingerprint density at radius 1 is 1.54 bits per heavy atom. The molecule has 2 N–H and O–H groups in total. The predicted octanol–water partition coefficient (Wildman–Crippen LogP) is 2.55. The van der Waals surface area contributed by atoms with E-state index in [1.54, 1.807) is 0 Å². The Labute approximate surface area is 87.7 Å². The highest BCUT2D eigenvalue weighted by atomic mass is 32.2. The van der Waals surface area contributed by atoms with Gasteiger partial charge in [-0.15, -0.1) is 11.8 Å². The molecule has 0 bridgehead atoms. The zero-order chi connectivity index (χ0) is 9.26. The standard InChI is InChI=1S/C10H11NS2/c11-10(12)5-7-6-13-9-4-2-1-3-8(7)9/h1-4,7H,5-6H2,(H2,11,12). The first kappa shape index (κ1) is 9.03. The zero-order valence-corrected chi connectivity index (χ0v) is 8.83. The number of benzene rings is 1. The van der Waals surface area contributed by atoms with Crippen LogP contribution in [0.25, 0.3) is 0 Å². The molecule has 0 aromatic heterocycles. The molecule has 0 saturated heterocycles. The van der Waals surface area contributed by atoms with Gasteiger partial charge in [0.15, 0.2) is 0 Å². The molecule has 0 aliphatic carbocycles. The molecule has 0 radical (unpaired) electrons. The van der Waals surface area contributed by atoms with Crippen molar-refractivity contribution in [2.45, 2.75) is 17.2 Å². The maximum Gasteiger partial charge on any atom is 0.0733 e. The van der Waals surface area contributed by atoms with Crippen LogP contribution in [0.2, 0.25) is 0 Å². The fourth-order valence-electron chi connectivity index (χ4n) is 1.64. The number of hydrogen-bond acceptors (Lipinski definition) is 2. The van der Waals surface area contributed by atoms with Crippen LogP contribution in [0.1, 0.15) is 17.9 Å². The van der Waals surface area contributed by atoms with Crippen molar-refractivity contribution in [2.75, 3.05) is 5.75 Å². The molecular formula is C10H11NS2. The molecule has 0 spiro atoms. The average molecular weight is 209 g/mol. The highest BCUT2D eigenvalue weighted by Crippen LogP contribution is 2.40. The maximum atomic E-state index is 5.55. The van der Waals surface area contributed by atoms with E-state index in [-0.39, 0.29) is 0 Å². The SMILES string of the molecule is NC(=S)CC1CSc2ccccc21. The van der Waals surface area contributed by atoms with Gasteiger partial charge in [-0.25, -0.2) is 0 Å². The highest BCUT2D eigenvalue weighted by molar-refractivity contribution is 7.99. The predicted molar refractivity (Wildman–Crippen MR) is 61.3 cm³/mol. The zero-order valence-electron chi connectivity index (χ0n) is 7.19. The molecule has 1 atom stereocenters. The molecule has 1 nitrogen and oxygen atoms in total. The monoisotopic (exact) mass is 209 g/mol. The van der Waals surface area contributed by atoms with Crippen LogP contribution in [0.5, 0.6) is 0 Å². The van der Waals surface area contributed by atoms with Gasteiger partial charge in [0.2, 0.25) is 0 Å². The minimum Gasteiger partial charge on any atom is -0.393 e. The molecule has 0 amide bonds. The summed E-state index contributed by atoms with van der Waals surface area (Å²) in [7, 11) is 0. The fraction of sp³-hybridized carbons (Fsp3) is 0.300. The Morgan fingerprint density at radius 2 is 2.31 bits per heavy atom. The van der Waals surface area contributed by atoms with Crippen molar-refractivity contribution in [1.82, 2.24) is 0 Å². The maximum absolute atomic E-state index is 5.55. The number of hydrogen-bond donors (Lipinski definition) is 1. The van der Waals surface area contributed by atoms with Crippen molar-refractivity contribution in [3.05, 3.63) is 29.8 Å². The molecule has 13 heavy (non-hydrogen) atoms. The number of thiocarbonyl (C=S) groups is 1. The van der Waals surface area contributed by atoms with Crippen LogP contribution in [0.15, 0.2) is 29.2 Å². The number of fused-ring (bicyclic) bond motifs is 1. The minimum atomic E-state index is 0.540. The van der Waals surface area contributed by atoms with Crippen LogP contribution in [-0.4, -0.2) is 10.7 Å². The number of thioether (sulfide) groups is 1. The van der Waals surface area contributed by atoms with Gasteiger partial charge in [0, 0.05) is 23.0 Å². The van der Waals surface area contributed by atoms with Gasteiger partial charge in [0.05, 0.1) is 4.99 Å². The second-order valence-electron chi connectivity index (χ2n) is 3.22. The smallest absolute Gasteiger partial charge is 0.0733 e. The van der Waals surface area contributed by atoms with E-state index in [2.05, 4.69) is 24.3 Å². The molecule has 3 heteroatoms. The third-order valence-electron chi connectivity index (χ3n) is 2.25. The Morgan fingerprint density at radius 3 is 3.08 bits per heavy atom. The van der Waals surface area contributed by atoms with E-state index in [4.69, 9.17) is 18.0 Å². The van der Waals surface area contributed by atoms with E-state index in [9.17, 15) is 0 Å². The van der Waals surface area contributed by atoms with Crippen LogP contribution in [-0.2, 0) is 0 Å². The van der Waals surface area contributed by atoms with E-state index in [0.717, 1.165) is 12.2 Å². The van der Waals surface area contributed by atoms with Crippen LogP contribution in [0, 0.1) is 0 Å². The summed E-state index contributed by atoms with van der Waals surface area (Å²) in [5, 5.41) is 0. The van der Waals surface area contributed by atoms with E-state index < -0.39 is 0 Å². The Hall–Kier alpha value is -0.540. The normalized spacial score (nSPS) is 19.8. The summed E-state index contributed by atoms with van der Waals surface area (Å²) in [6.45, 7) is 0. The van der Waals surface area contributed by atoms with Crippen LogP contribution in [0.3, 0.4) is 0 Å². The van der Waals surface area contributed by atoms with Crippen molar-refractivity contribution in [3.63, 3.8) is 0 Å². The third-order valence-corrected chi connectivity index (χ3v) is 3.66. The van der Waals surface area contributed by atoms with Crippen molar-refractivity contribution in [3.8, 4) is 0 Å². The summed E-state index contributed by atoms with van der Waals surface area (Å²) in [6.07, 6.45) is 0.847. The summed E-state index contributed by atoms with van der Waals surface area (Å²) in [4.78, 5) is 2.02. The first-order chi connectivity index (χ1) is 6.27. The first-order valence-electron chi connectivity index (χ1n) is 4.27. The van der Waals surface area contributed by atoms with Crippen molar-refractivity contribution in [1.29, 1.82) is 0 Å². The van der Waals surface area contributed by atoms with Crippen LogP contribution >= 0.6 is 24.0 Å². The van der Waals surface area contributed by atoms with Gasteiger partial charge < -0.3 is 5.73 Å². The van der Waals surface area contributed by atoms with E-state index >= 15 is 0 Å². The molecule has 0 fully saturated rings. The van der Waals surface area contributed by atoms with Gasteiger partial charge in [0.25, 0.3) is 0 Å². The number of rotatable bonds is 2. The summed E-state index contributed by atoms with van der Waals surface area (Å²) >= 11 is 6.83. The van der Waals surface area contributed by atoms with E-state index in [1.165, 1.54) is 10.5 Å². The van der Waals surface area contributed by atoms with Crippen LogP contribution < -0.4 is 5.73 Å². The Kier molecular flexibility index (Phi) is 2.56. The fourth-order valence-corrected chi connectivity index (χ4v) is 3.10. The van der Waals surface area contributed by atoms with Crippen molar-refractivity contribution in [2.24, 2.45) is 5.73 Å². The second-order valence-corrected chi connectivity index (χ2v) is 4.80. The third kappa shape index (κ3) is 1.86. The highest BCUT2D eigenvalue weighted by Gasteiger charge is 2.22.